The lowest BCUT2D eigenvalue weighted by atomic mass is 10.1. The van der Waals surface area contributed by atoms with Crippen LogP contribution in [-0.4, -0.2) is 49.6 Å². The maximum absolute atomic E-state index is 13.0. The van der Waals surface area contributed by atoms with Crippen LogP contribution in [0.25, 0.3) is 0 Å². The van der Waals surface area contributed by atoms with Crippen molar-refractivity contribution >= 4 is 17.3 Å². The van der Waals surface area contributed by atoms with Crippen LogP contribution < -0.4 is 9.80 Å². The number of nitrogens with zero attached hydrogens (tertiary/aromatic N) is 4. The van der Waals surface area contributed by atoms with Crippen molar-refractivity contribution in [1.29, 1.82) is 5.26 Å². The molecule has 1 amide bonds. The molecule has 29 heavy (non-hydrogen) atoms. The van der Waals surface area contributed by atoms with E-state index in [0.717, 1.165) is 49.5 Å². The Hall–Kier alpha value is -3.00. The molecule has 0 N–H and O–H groups in total. The number of anilines is 2. The first-order valence-corrected chi connectivity index (χ1v) is 10.4. The Morgan fingerprint density at radius 3 is 2.31 bits per heavy atom. The highest BCUT2D eigenvalue weighted by Gasteiger charge is 2.21. The first-order chi connectivity index (χ1) is 14.0. The fraction of sp³-hybridized carbons (Fsp3) is 0.417. The Balaban J connectivity index is 1.65. The van der Waals surface area contributed by atoms with Gasteiger partial charge in [0.1, 0.15) is 0 Å². The molecule has 0 aromatic heterocycles. The summed E-state index contributed by atoms with van der Waals surface area (Å²) in [5, 5.41) is 8.97. The van der Waals surface area contributed by atoms with Gasteiger partial charge in [-0.05, 0) is 75.7 Å². The predicted molar refractivity (Wildman–Crippen MR) is 118 cm³/mol. The molecule has 0 unspecified atom stereocenters. The van der Waals surface area contributed by atoms with E-state index in [1.54, 1.807) is 0 Å². The van der Waals surface area contributed by atoms with E-state index in [0.29, 0.717) is 18.2 Å². The molecule has 5 nitrogen and oxygen atoms in total. The Bertz CT molecular complexity index is 852. The van der Waals surface area contributed by atoms with Crippen LogP contribution in [-0.2, 0) is 0 Å². The minimum absolute atomic E-state index is 0.103. The largest absolute Gasteiger partial charge is 0.370 e. The van der Waals surface area contributed by atoms with E-state index < -0.39 is 0 Å². The summed E-state index contributed by atoms with van der Waals surface area (Å²) in [5.74, 6) is 0.103. The first kappa shape index (κ1) is 20.7. The number of nitriles is 1. The average Bonchev–Trinajstić information content (AvgIpc) is 3.00. The average molecular weight is 391 g/mol. The molecule has 152 valence electrons. The van der Waals surface area contributed by atoms with E-state index in [4.69, 9.17) is 5.26 Å². The summed E-state index contributed by atoms with van der Waals surface area (Å²) in [4.78, 5) is 19.6. The van der Waals surface area contributed by atoms with Crippen LogP contribution in [0.15, 0.2) is 48.5 Å². The third-order valence-corrected chi connectivity index (χ3v) is 5.55. The lowest BCUT2D eigenvalue weighted by Gasteiger charge is -2.28. The molecule has 1 heterocycles. The van der Waals surface area contributed by atoms with Gasteiger partial charge in [-0.2, -0.15) is 5.26 Å². The van der Waals surface area contributed by atoms with Gasteiger partial charge < -0.3 is 14.7 Å². The molecule has 1 aliphatic heterocycles. The second-order valence-electron chi connectivity index (χ2n) is 7.72. The molecule has 0 spiro atoms. The summed E-state index contributed by atoms with van der Waals surface area (Å²) in [6, 6.07) is 18.3. The van der Waals surface area contributed by atoms with Crippen molar-refractivity contribution in [3.63, 3.8) is 0 Å². The third kappa shape index (κ3) is 4.89. The Kier molecular flexibility index (Phi) is 6.77. The highest BCUT2D eigenvalue weighted by Crippen LogP contribution is 2.21. The molecule has 0 atom stereocenters. The molecule has 1 saturated heterocycles. The number of benzene rings is 2. The summed E-state index contributed by atoms with van der Waals surface area (Å²) < 4.78 is 0. The van der Waals surface area contributed by atoms with E-state index in [1.807, 2.05) is 41.3 Å². The minimum Gasteiger partial charge on any atom is -0.370 e. The monoisotopic (exact) mass is 390 g/mol. The minimum atomic E-state index is 0.103. The van der Waals surface area contributed by atoms with Crippen molar-refractivity contribution in [2.24, 2.45) is 0 Å². The zero-order chi connectivity index (χ0) is 20.8. The fourth-order valence-corrected chi connectivity index (χ4v) is 3.95. The zero-order valence-corrected chi connectivity index (χ0v) is 17.6. The van der Waals surface area contributed by atoms with Crippen molar-refractivity contribution in [3.05, 3.63) is 59.7 Å². The summed E-state index contributed by atoms with van der Waals surface area (Å²) in [6.45, 7) is 10.6. The van der Waals surface area contributed by atoms with Gasteiger partial charge in [0.05, 0.1) is 11.6 Å². The number of hydrogen-bond acceptors (Lipinski definition) is 4. The fourth-order valence-electron chi connectivity index (χ4n) is 3.95. The molecule has 0 saturated carbocycles. The Morgan fingerprint density at radius 2 is 1.72 bits per heavy atom. The van der Waals surface area contributed by atoms with Gasteiger partial charge in [-0.1, -0.05) is 0 Å². The molecule has 5 heteroatoms. The standard InChI is InChI=1S/C24H30N4O/c1-4-28(19(2)3)23-12-8-21(9-13-23)24(29)27-15-5-14-26(16-17-27)22-10-6-20(18-25)7-11-22/h6-13,19H,4-5,14-17H2,1-3H3. The molecule has 1 fully saturated rings. The third-order valence-electron chi connectivity index (χ3n) is 5.55. The van der Waals surface area contributed by atoms with Gasteiger partial charge >= 0.3 is 0 Å². The van der Waals surface area contributed by atoms with Crippen molar-refractivity contribution in [2.75, 3.05) is 42.5 Å². The van der Waals surface area contributed by atoms with Crippen molar-refractivity contribution in [1.82, 2.24) is 4.90 Å². The van der Waals surface area contributed by atoms with Gasteiger partial charge in [-0.25, -0.2) is 0 Å². The van der Waals surface area contributed by atoms with E-state index >= 15 is 0 Å². The van der Waals surface area contributed by atoms with E-state index in [2.05, 4.69) is 48.8 Å². The summed E-state index contributed by atoms with van der Waals surface area (Å²) >= 11 is 0. The molecule has 3 rings (SSSR count). The predicted octanol–water partition coefficient (Wildman–Crippen LogP) is 4.15. The summed E-state index contributed by atoms with van der Waals surface area (Å²) in [7, 11) is 0. The van der Waals surface area contributed by atoms with E-state index in [9.17, 15) is 4.79 Å². The second kappa shape index (κ2) is 9.47. The number of hydrogen-bond donors (Lipinski definition) is 0. The number of carbonyl (C=O) groups is 1. The topological polar surface area (TPSA) is 50.6 Å². The molecular formula is C24H30N4O. The quantitative estimate of drug-likeness (QED) is 0.770. The van der Waals surface area contributed by atoms with E-state index in [-0.39, 0.29) is 5.91 Å². The SMILES string of the molecule is CCN(c1ccc(C(=O)N2CCCN(c3ccc(C#N)cc3)CC2)cc1)C(C)C. The maximum Gasteiger partial charge on any atom is 0.253 e. The van der Waals surface area contributed by atoms with Crippen molar-refractivity contribution in [3.8, 4) is 6.07 Å². The molecule has 2 aromatic rings. The number of amides is 1. The van der Waals surface area contributed by atoms with Gasteiger partial charge in [-0.3, -0.25) is 4.79 Å². The van der Waals surface area contributed by atoms with Gasteiger partial charge in [0.25, 0.3) is 5.91 Å². The van der Waals surface area contributed by atoms with Crippen LogP contribution in [0.1, 0.15) is 43.1 Å². The van der Waals surface area contributed by atoms with Crippen molar-refractivity contribution < 1.29 is 4.79 Å². The highest BCUT2D eigenvalue weighted by molar-refractivity contribution is 5.94. The zero-order valence-electron chi connectivity index (χ0n) is 17.6. The van der Waals surface area contributed by atoms with Crippen LogP contribution in [0.3, 0.4) is 0 Å². The molecule has 1 aliphatic rings. The second-order valence-corrected chi connectivity index (χ2v) is 7.72. The van der Waals surface area contributed by atoms with Gasteiger partial charge in [0.2, 0.25) is 0 Å². The smallest absolute Gasteiger partial charge is 0.253 e. The molecule has 0 aliphatic carbocycles. The van der Waals surface area contributed by atoms with Crippen LogP contribution in [0.2, 0.25) is 0 Å². The lowest BCUT2D eigenvalue weighted by Crippen LogP contribution is -2.35. The van der Waals surface area contributed by atoms with Crippen LogP contribution in [0.5, 0.6) is 0 Å². The Morgan fingerprint density at radius 1 is 1.03 bits per heavy atom. The number of carbonyl (C=O) groups excluding carboxylic acids is 1. The van der Waals surface area contributed by atoms with Crippen LogP contribution in [0, 0.1) is 11.3 Å². The number of rotatable bonds is 5. The normalized spacial score (nSPS) is 14.4. The van der Waals surface area contributed by atoms with E-state index in [1.165, 1.54) is 0 Å². The van der Waals surface area contributed by atoms with Gasteiger partial charge in [0, 0.05) is 55.7 Å². The van der Waals surface area contributed by atoms with Gasteiger partial charge in [-0.15, -0.1) is 0 Å². The first-order valence-electron chi connectivity index (χ1n) is 10.4. The summed E-state index contributed by atoms with van der Waals surface area (Å²) in [5.41, 5.74) is 3.68. The van der Waals surface area contributed by atoms with Crippen LogP contribution >= 0.6 is 0 Å². The molecular weight excluding hydrogens is 360 g/mol. The highest BCUT2D eigenvalue weighted by atomic mass is 16.2. The molecule has 0 radical (unpaired) electrons. The summed E-state index contributed by atoms with van der Waals surface area (Å²) in [6.07, 6.45) is 0.931. The van der Waals surface area contributed by atoms with Crippen LogP contribution in [0.4, 0.5) is 11.4 Å². The van der Waals surface area contributed by atoms with Crippen molar-refractivity contribution in [2.45, 2.75) is 33.2 Å². The molecule has 0 bridgehead atoms. The van der Waals surface area contributed by atoms with Gasteiger partial charge in [0.15, 0.2) is 0 Å². The lowest BCUT2D eigenvalue weighted by molar-refractivity contribution is 0.0767. The molecule has 2 aromatic carbocycles. The Labute approximate surface area is 174 Å². The maximum atomic E-state index is 13.0.